The fourth-order valence-corrected chi connectivity index (χ4v) is 4.77. The Morgan fingerprint density at radius 2 is 1.22 bits per heavy atom. The molecular weight excluding hydrogens is 431 g/mol. The van der Waals surface area contributed by atoms with Crippen LogP contribution in [0.3, 0.4) is 0 Å². The molecule has 0 unspecified atom stereocenters. The van der Waals surface area contributed by atoms with E-state index in [1.54, 1.807) is 0 Å². The van der Waals surface area contributed by atoms with Crippen LogP contribution in [0.4, 0.5) is 0 Å². The Morgan fingerprint density at radius 1 is 0.704 bits per heavy atom. The van der Waals surface area contributed by atoms with Gasteiger partial charge in [-0.25, -0.2) is 12.4 Å². The Morgan fingerprint density at radius 3 is 1.78 bits per heavy atom. The van der Waals surface area contributed by atoms with Crippen molar-refractivity contribution in [3.05, 3.63) is 88.5 Å². The van der Waals surface area contributed by atoms with E-state index in [0.29, 0.717) is 10.0 Å². The molecule has 0 aliphatic heterocycles. The lowest BCUT2D eigenvalue weighted by atomic mass is 10.4. The summed E-state index contributed by atoms with van der Waals surface area (Å²) in [6.07, 6.45) is 1.22. The molecule has 3 aromatic rings. The Labute approximate surface area is 166 Å². The topological polar surface area (TPSA) is 85.6 Å². The summed E-state index contributed by atoms with van der Waals surface area (Å²) in [4.78, 5) is -0.158. The van der Waals surface area contributed by atoms with E-state index in [4.69, 9.17) is 23.2 Å². The molecule has 0 bridgehead atoms. The summed E-state index contributed by atoms with van der Waals surface area (Å²) in [6, 6.07) is 15.2. The first kappa shape index (κ1) is 19.6. The van der Waals surface area contributed by atoms with E-state index in [1.807, 2.05) is 0 Å². The molecule has 0 radical (unpaired) electrons. The van der Waals surface area contributed by atoms with Crippen LogP contribution in [0.15, 0.2) is 87.1 Å². The van der Waals surface area contributed by atoms with Gasteiger partial charge in [0, 0.05) is 16.2 Å². The summed E-state index contributed by atoms with van der Waals surface area (Å²) in [6.45, 7) is 0. The maximum Gasteiger partial charge on any atom is 0.284 e. The average Bonchev–Trinajstić information content (AvgIpc) is 2.62. The highest BCUT2D eigenvalue weighted by molar-refractivity contribution is 7.90. The Kier molecular flexibility index (Phi) is 5.43. The summed E-state index contributed by atoms with van der Waals surface area (Å²) in [5.74, 6) is 0. The van der Waals surface area contributed by atoms with Crippen LogP contribution in [0.1, 0.15) is 0 Å². The van der Waals surface area contributed by atoms with Gasteiger partial charge in [-0.2, -0.15) is 8.42 Å². The predicted octanol–water partition coefficient (Wildman–Crippen LogP) is 3.32. The van der Waals surface area contributed by atoms with Crippen molar-refractivity contribution in [1.82, 2.24) is 3.97 Å². The summed E-state index contributed by atoms with van der Waals surface area (Å²) in [5, 5.41) is 0.747. The SMILES string of the molecule is O=S(=O)(/N=c1\ccccn1S(=O)(=O)c1ccc(Cl)cc1)c1ccc(Cl)cc1. The maximum atomic E-state index is 12.9. The minimum absolute atomic E-state index is 0.0524. The first-order chi connectivity index (χ1) is 12.7. The highest BCUT2D eigenvalue weighted by Gasteiger charge is 2.19. The number of rotatable bonds is 4. The molecule has 0 atom stereocenters. The minimum Gasteiger partial charge on any atom is -0.224 e. The summed E-state index contributed by atoms with van der Waals surface area (Å²) < 4.78 is 55.3. The molecule has 140 valence electrons. The van der Waals surface area contributed by atoms with Crippen molar-refractivity contribution in [2.45, 2.75) is 9.79 Å². The van der Waals surface area contributed by atoms with Gasteiger partial charge in [-0.05, 0) is 60.7 Å². The first-order valence-corrected chi connectivity index (χ1v) is 11.1. The van der Waals surface area contributed by atoms with E-state index in [-0.39, 0.29) is 15.3 Å². The molecule has 0 amide bonds. The number of hydrogen-bond donors (Lipinski definition) is 0. The molecule has 1 aromatic heterocycles. The zero-order valence-electron chi connectivity index (χ0n) is 13.5. The van der Waals surface area contributed by atoms with E-state index in [0.717, 1.165) is 3.97 Å². The number of aromatic nitrogens is 1. The van der Waals surface area contributed by atoms with Crippen LogP contribution in [0.5, 0.6) is 0 Å². The normalized spacial score (nSPS) is 12.9. The van der Waals surface area contributed by atoms with E-state index in [1.165, 1.54) is 72.9 Å². The molecule has 1 heterocycles. The third kappa shape index (κ3) is 4.24. The fraction of sp³-hybridized carbons (Fsp3) is 0. The van der Waals surface area contributed by atoms with Crippen molar-refractivity contribution in [3.63, 3.8) is 0 Å². The van der Waals surface area contributed by atoms with Crippen LogP contribution in [0.25, 0.3) is 0 Å². The Balaban J connectivity index is 2.18. The molecule has 27 heavy (non-hydrogen) atoms. The average molecular weight is 443 g/mol. The van der Waals surface area contributed by atoms with Gasteiger partial charge >= 0.3 is 0 Å². The van der Waals surface area contributed by atoms with Crippen LogP contribution in [-0.2, 0) is 20.0 Å². The summed E-state index contributed by atoms with van der Waals surface area (Å²) in [5.41, 5.74) is -0.262. The maximum absolute atomic E-state index is 12.9. The van der Waals surface area contributed by atoms with Crippen LogP contribution in [0.2, 0.25) is 10.0 Å². The highest BCUT2D eigenvalue weighted by Crippen LogP contribution is 2.17. The van der Waals surface area contributed by atoms with E-state index in [2.05, 4.69) is 4.40 Å². The monoisotopic (exact) mass is 442 g/mol. The standard InChI is InChI=1S/C17H12Cl2N2O4S2/c18-13-4-8-15(9-5-13)26(22,23)20-17-3-1-2-12-21(17)27(24,25)16-10-6-14(19)7-11-16/h1-12H/b20-17+. The van der Waals surface area contributed by atoms with E-state index < -0.39 is 20.0 Å². The van der Waals surface area contributed by atoms with Gasteiger partial charge in [0.2, 0.25) is 0 Å². The largest absolute Gasteiger partial charge is 0.284 e. The zero-order chi connectivity index (χ0) is 19.7. The van der Waals surface area contributed by atoms with Gasteiger partial charge in [0.15, 0.2) is 5.49 Å². The number of nitrogens with zero attached hydrogens (tertiary/aromatic N) is 2. The number of hydrogen-bond acceptors (Lipinski definition) is 4. The molecule has 0 aliphatic carbocycles. The van der Waals surface area contributed by atoms with Crippen molar-refractivity contribution < 1.29 is 16.8 Å². The number of sulfonamides is 1. The molecule has 2 aromatic carbocycles. The number of pyridine rings is 1. The highest BCUT2D eigenvalue weighted by atomic mass is 35.5. The number of halogens is 2. The van der Waals surface area contributed by atoms with Gasteiger partial charge in [0.1, 0.15) is 0 Å². The van der Waals surface area contributed by atoms with Crippen molar-refractivity contribution in [2.24, 2.45) is 4.40 Å². The Bertz CT molecular complexity index is 1250. The molecular formula is C17H12Cl2N2O4S2. The minimum atomic E-state index is -4.14. The van der Waals surface area contributed by atoms with Gasteiger partial charge in [-0.3, -0.25) is 0 Å². The van der Waals surface area contributed by atoms with Crippen LogP contribution in [0, 0.1) is 0 Å². The molecule has 6 nitrogen and oxygen atoms in total. The quantitative estimate of drug-likeness (QED) is 0.619. The van der Waals surface area contributed by atoms with Crippen LogP contribution < -0.4 is 5.49 Å². The Hall–Kier alpha value is -2.13. The predicted molar refractivity (Wildman–Crippen MR) is 103 cm³/mol. The van der Waals surface area contributed by atoms with Crippen LogP contribution in [-0.4, -0.2) is 20.8 Å². The molecule has 3 rings (SSSR count). The van der Waals surface area contributed by atoms with Gasteiger partial charge in [0.25, 0.3) is 20.0 Å². The van der Waals surface area contributed by atoms with Crippen molar-refractivity contribution >= 4 is 43.2 Å². The van der Waals surface area contributed by atoms with Gasteiger partial charge in [-0.1, -0.05) is 29.3 Å². The number of benzene rings is 2. The molecule has 0 saturated heterocycles. The molecule has 0 aliphatic rings. The second kappa shape index (κ2) is 7.47. The fourth-order valence-electron chi connectivity index (χ4n) is 2.20. The lowest BCUT2D eigenvalue weighted by molar-refractivity contribution is 0.584. The summed E-state index contributed by atoms with van der Waals surface area (Å²) >= 11 is 11.6. The second-order valence-electron chi connectivity index (χ2n) is 5.33. The van der Waals surface area contributed by atoms with Gasteiger partial charge < -0.3 is 0 Å². The van der Waals surface area contributed by atoms with Gasteiger partial charge in [-0.15, -0.1) is 4.40 Å². The molecule has 10 heteroatoms. The second-order valence-corrected chi connectivity index (χ2v) is 9.63. The van der Waals surface area contributed by atoms with Crippen LogP contribution >= 0.6 is 23.2 Å². The summed E-state index contributed by atoms with van der Waals surface area (Å²) in [7, 11) is -8.21. The molecule has 0 saturated carbocycles. The smallest absolute Gasteiger partial charge is 0.224 e. The first-order valence-electron chi connectivity index (χ1n) is 7.45. The zero-order valence-corrected chi connectivity index (χ0v) is 16.7. The van der Waals surface area contributed by atoms with E-state index >= 15 is 0 Å². The molecule has 0 spiro atoms. The lowest BCUT2D eigenvalue weighted by Crippen LogP contribution is -2.28. The van der Waals surface area contributed by atoms with Crippen molar-refractivity contribution in [2.75, 3.05) is 0 Å². The third-order valence-electron chi connectivity index (χ3n) is 3.50. The van der Waals surface area contributed by atoms with Crippen molar-refractivity contribution in [3.8, 4) is 0 Å². The lowest BCUT2D eigenvalue weighted by Gasteiger charge is -2.09. The van der Waals surface area contributed by atoms with E-state index in [9.17, 15) is 16.8 Å². The van der Waals surface area contributed by atoms with Crippen molar-refractivity contribution in [1.29, 1.82) is 0 Å². The molecule has 0 fully saturated rings. The van der Waals surface area contributed by atoms with Gasteiger partial charge in [0.05, 0.1) is 9.79 Å². The third-order valence-corrected chi connectivity index (χ3v) is 6.99. The molecule has 0 N–H and O–H groups in total.